The van der Waals surface area contributed by atoms with Gasteiger partial charge < -0.3 is 10.2 Å². The molecule has 5 heteroatoms. The highest BCUT2D eigenvalue weighted by Gasteiger charge is 2.32. The molecule has 0 radical (unpaired) electrons. The number of benzene rings is 1. The van der Waals surface area contributed by atoms with E-state index in [-0.39, 0.29) is 29.6 Å². The Morgan fingerprint density at radius 2 is 1.87 bits per heavy atom. The summed E-state index contributed by atoms with van der Waals surface area (Å²) in [5, 5.41) is 3.01. The van der Waals surface area contributed by atoms with E-state index in [1.54, 1.807) is 17.0 Å². The molecule has 0 spiro atoms. The van der Waals surface area contributed by atoms with Crippen LogP contribution < -0.4 is 10.2 Å². The number of carbonyl (C=O) groups excluding carboxylic acids is 2. The van der Waals surface area contributed by atoms with Gasteiger partial charge in [-0.3, -0.25) is 9.59 Å². The Hall–Kier alpha value is -1.91. The molecule has 0 aliphatic carbocycles. The van der Waals surface area contributed by atoms with E-state index in [4.69, 9.17) is 0 Å². The van der Waals surface area contributed by atoms with Crippen molar-refractivity contribution in [3.63, 3.8) is 0 Å². The van der Waals surface area contributed by atoms with Crippen molar-refractivity contribution >= 4 is 17.5 Å². The standard InChI is InChI=1S/C18H25FN2O2/c1-3-5-13(6-4-2)18(23)20-15-11-17(22)21(12-15)16-9-7-14(19)8-10-16/h7-10,13,15H,3-6,11-12H2,1-2H3,(H,20,23). The summed E-state index contributed by atoms with van der Waals surface area (Å²) in [5.41, 5.74) is 0.673. The minimum absolute atomic E-state index is 0.0278. The Balaban J connectivity index is 1.96. The topological polar surface area (TPSA) is 49.4 Å². The van der Waals surface area contributed by atoms with E-state index in [1.165, 1.54) is 12.1 Å². The van der Waals surface area contributed by atoms with Crippen LogP contribution in [0.2, 0.25) is 0 Å². The number of nitrogens with one attached hydrogen (secondary N) is 1. The Labute approximate surface area is 137 Å². The zero-order valence-electron chi connectivity index (χ0n) is 13.8. The van der Waals surface area contributed by atoms with Crippen LogP contribution >= 0.6 is 0 Å². The van der Waals surface area contributed by atoms with Crippen LogP contribution in [0.25, 0.3) is 0 Å². The van der Waals surface area contributed by atoms with Crippen molar-refractivity contribution in [2.24, 2.45) is 5.92 Å². The van der Waals surface area contributed by atoms with Gasteiger partial charge in [-0.2, -0.15) is 0 Å². The smallest absolute Gasteiger partial charge is 0.229 e. The molecular weight excluding hydrogens is 295 g/mol. The third kappa shape index (κ3) is 4.53. The number of anilines is 1. The maximum Gasteiger partial charge on any atom is 0.229 e. The van der Waals surface area contributed by atoms with Gasteiger partial charge in [-0.05, 0) is 37.1 Å². The van der Waals surface area contributed by atoms with E-state index >= 15 is 0 Å². The SMILES string of the molecule is CCCC(CCC)C(=O)NC1CC(=O)N(c2ccc(F)cc2)C1. The fourth-order valence-corrected chi connectivity index (χ4v) is 3.10. The highest BCUT2D eigenvalue weighted by molar-refractivity contribution is 5.96. The minimum atomic E-state index is -0.327. The molecule has 1 aliphatic heterocycles. The van der Waals surface area contributed by atoms with Crippen LogP contribution in [0.3, 0.4) is 0 Å². The molecule has 2 amide bonds. The molecule has 1 saturated heterocycles. The average molecular weight is 320 g/mol. The third-order valence-corrected chi connectivity index (χ3v) is 4.25. The molecule has 1 aliphatic rings. The first-order valence-corrected chi connectivity index (χ1v) is 8.41. The monoisotopic (exact) mass is 320 g/mol. The van der Waals surface area contributed by atoms with E-state index in [1.807, 2.05) is 0 Å². The van der Waals surface area contributed by atoms with Gasteiger partial charge in [0.25, 0.3) is 0 Å². The Bertz CT molecular complexity index is 538. The zero-order chi connectivity index (χ0) is 16.8. The lowest BCUT2D eigenvalue weighted by atomic mass is 9.97. The molecule has 1 unspecified atom stereocenters. The van der Waals surface area contributed by atoms with Crippen molar-refractivity contribution in [1.29, 1.82) is 0 Å². The molecule has 0 aromatic heterocycles. The Kier molecular flexibility index (Phi) is 6.13. The van der Waals surface area contributed by atoms with Gasteiger partial charge in [0, 0.05) is 24.6 Å². The lowest BCUT2D eigenvalue weighted by Crippen LogP contribution is -2.40. The van der Waals surface area contributed by atoms with Crippen LogP contribution in [-0.2, 0) is 9.59 Å². The van der Waals surface area contributed by atoms with E-state index in [9.17, 15) is 14.0 Å². The molecule has 1 aromatic carbocycles. The first kappa shape index (κ1) is 17.4. The molecule has 1 heterocycles. The molecule has 1 N–H and O–H groups in total. The predicted molar refractivity (Wildman–Crippen MR) is 88.6 cm³/mol. The van der Waals surface area contributed by atoms with Gasteiger partial charge in [0.15, 0.2) is 0 Å². The molecule has 2 rings (SSSR count). The maximum absolute atomic E-state index is 13.0. The number of nitrogens with zero attached hydrogens (tertiary/aromatic N) is 1. The summed E-state index contributed by atoms with van der Waals surface area (Å²) < 4.78 is 13.0. The second-order valence-corrected chi connectivity index (χ2v) is 6.16. The largest absolute Gasteiger partial charge is 0.351 e. The van der Waals surface area contributed by atoms with Gasteiger partial charge >= 0.3 is 0 Å². The van der Waals surface area contributed by atoms with Gasteiger partial charge in [0.05, 0.1) is 6.04 Å². The molecule has 126 valence electrons. The summed E-state index contributed by atoms with van der Waals surface area (Å²) in [6, 6.07) is 5.69. The van der Waals surface area contributed by atoms with E-state index < -0.39 is 0 Å². The highest BCUT2D eigenvalue weighted by atomic mass is 19.1. The molecular formula is C18H25FN2O2. The van der Waals surface area contributed by atoms with Gasteiger partial charge in [0.1, 0.15) is 5.82 Å². The Morgan fingerprint density at radius 3 is 2.43 bits per heavy atom. The summed E-state index contributed by atoms with van der Waals surface area (Å²) >= 11 is 0. The summed E-state index contributed by atoms with van der Waals surface area (Å²) in [6.45, 7) is 4.60. The fraction of sp³-hybridized carbons (Fsp3) is 0.556. The first-order chi connectivity index (χ1) is 11.0. The lowest BCUT2D eigenvalue weighted by molar-refractivity contribution is -0.126. The summed E-state index contributed by atoms with van der Waals surface area (Å²) in [7, 11) is 0. The van der Waals surface area contributed by atoms with E-state index in [0.717, 1.165) is 25.7 Å². The number of amides is 2. The molecule has 4 nitrogen and oxygen atoms in total. The van der Waals surface area contributed by atoms with Crippen molar-refractivity contribution in [2.75, 3.05) is 11.4 Å². The molecule has 23 heavy (non-hydrogen) atoms. The molecule has 0 saturated carbocycles. The number of halogens is 1. The zero-order valence-corrected chi connectivity index (χ0v) is 13.8. The van der Waals surface area contributed by atoms with Crippen molar-refractivity contribution in [1.82, 2.24) is 5.32 Å². The second kappa shape index (κ2) is 8.09. The number of carbonyl (C=O) groups is 2. The number of rotatable bonds is 7. The molecule has 1 fully saturated rings. The maximum atomic E-state index is 13.0. The summed E-state index contributed by atoms with van der Waals surface area (Å²) in [4.78, 5) is 26.1. The normalized spacial score (nSPS) is 17.8. The van der Waals surface area contributed by atoms with Crippen molar-refractivity contribution < 1.29 is 14.0 Å². The Morgan fingerprint density at radius 1 is 1.26 bits per heavy atom. The van der Waals surface area contributed by atoms with E-state index in [0.29, 0.717) is 18.7 Å². The van der Waals surface area contributed by atoms with Crippen molar-refractivity contribution in [3.05, 3.63) is 30.1 Å². The van der Waals surface area contributed by atoms with Crippen LogP contribution in [0, 0.1) is 11.7 Å². The highest BCUT2D eigenvalue weighted by Crippen LogP contribution is 2.22. The van der Waals surface area contributed by atoms with Crippen LogP contribution in [0.5, 0.6) is 0 Å². The van der Waals surface area contributed by atoms with Crippen LogP contribution in [0.1, 0.15) is 46.0 Å². The number of hydrogen-bond donors (Lipinski definition) is 1. The van der Waals surface area contributed by atoms with Gasteiger partial charge in [-0.25, -0.2) is 4.39 Å². The average Bonchev–Trinajstić information content (AvgIpc) is 2.88. The van der Waals surface area contributed by atoms with Crippen LogP contribution in [-0.4, -0.2) is 24.4 Å². The predicted octanol–water partition coefficient (Wildman–Crippen LogP) is 3.26. The van der Waals surface area contributed by atoms with Crippen molar-refractivity contribution in [3.8, 4) is 0 Å². The van der Waals surface area contributed by atoms with Crippen molar-refractivity contribution in [2.45, 2.75) is 52.0 Å². The molecule has 1 aromatic rings. The first-order valence-electron chi connectivity index (χ1n) is 8.41. The fourth-order valence-electron chi connectivity index (χ4n) is 3.10. The van der Waals surface area contributed by atoms with Crippen LogP contribution in [0.15, 0.2) is 24.3 Å². The lowest BCUT2D eigenvalue weighted by Gasteiger charge is -2.20. The molecule has 0 bridgehead atoms. The van der Waals surface area contributed by atoms with Gasteiger partial charge in [-0.1, -0.05) is 26.7 Å². The minimum Gasteiger partial charge on any atom is -0.351 e. The molecule has 1 atom stereocenters. The quantitative estimate of drug-likeness (QED) is 0.838. The van der Waals surface area contributed by atoms with E-state index in [2.05, 4.69) is 19.2 Å². The third-order valence-electron chi connectivity index (χ3n) is 4.25. The van der Waals surface area contributed by atoms with Gasteiger partial charge in [0.2, 0.25) is 11.8 Å². The van der Waals surface area contributed by atoms with Crippen LogP contribution in [0.4, 0.5) is 10.1 Å². The summed E-state index contributed by atoms with van der Waals surface area (Å²) in [6.07, 6.45) is 4.00. The number of hydrogen-bond acceptors (Lipinski definition) is 2. The second-order valence-electron chi connectivity index (χ2n) is 6.16. The van der Waals surface area contributed by atoms with Gasteiger partial charge in [-0.15, -0.1) is 0 Å². The summed E-state index contributed by atoms with van der Waals surface area (Å²) in [5.74, 6) is -0.288.